The van der Waals surface area contributed by atoms with E-state index < -0.39 is 11.2 Å². The fourth-order valence-corrected chi connectivity index (χ4v) is 2.88. The molecule has 7 heteroatoms. The van der Waals surface area contributed by atoms with Gasteiger partial charge in [0.2, 0.25) is 0 Å². The highest BCUT2D eigenvalue weighted by Crippen LogP contribution is 2.24. The Kier molecular flexibility index (Phi) is 2.69. The van der Waals surface area contributed by atoms with Gasteiger partial charge in [-0.15, -0.1) is 11.3 Å². The molecule has 0 saturated carbocycles. The third kappa shape index (κ3) is 1.85. The van der Waals surface area contributed by atoms with Crippen LogP contribution >= 0.6 is 22.9 Å². The molecule has 2 N–H and O–H groups in total. The van der Waals surface area contributed by atoms with Crippen molar-refractivity contribution in [3.05, 3.63) is 55.5 Å². The average Bonchev–Trinajstić information content (AvgIpc) is 2.77. The number of rotatable bonds is 1. The smallest absolute Gasteiger partial charge is 0.334 e. The number of aromatic nitrogens is 2. The lowest BCUT2D eigenvalue weighted by Crippen LogP contribution is -2.32. The second-order valence-electron chi connectivity index (χ2n) is 3.85. The maximum absolute atomic E-state index is 12.3. The number of nitrogens with one attached hydrogen (secondary N) is 1. The number of aromatic amines is 1. The zero-order valence-corrected chi connectivity index (χ0v) is 11.0. The summed E-state index contributed by atoms with van der Waals surface area (Å²) in [5.74, 6) is -0.136. The molecule has 96 valence electrons. The van der Waals surface area contributed by atoms with Gasteiger partial charge in [-0.1, -0.05) is 17.7 Å². The molecule has 5 nitrogen and oxygen atoms in total. The van der Waals surface area contributed by atoms with E-state index in [1.807, 2.05) is 0 Å². The van der Waals surface area contributed by atoms with Gasteiger partial charge in [-0.3, -0.25) is 4.79 Å². The minimum Gasteiger partial charge on any atom is -0.506 e. The van der Waals surface area contributed by atoms with Crippen molar-refractivity contribution < 1.29 is 5.11 Å². The molecule has 1 aromatic carbocycles. The van der Waals surface area contributed by atoms with Crippen LogP contribution < -0.4 is 11.2 Å². The lowest BCUT2D eigenvalue weighted by Gasteiger charge is -2.04. The number of H-pyrrole nitrogens is 1. The number of hydrogen-bond donors (Lipinski definition) is 2. The summed E-state index contributed by atoms with van der Waals surface area (Å²) in [4.78, 5) is 26.8. The van der Waals surface area contributed by atoms with Crippen LogP contribution in [0.15, 0.2) is 39.9 Å². The fraction of sp³-hybridized carbons (Fsp3) is 0. The zero-order valence-electron chi connectivity index (χ0n) is 9.38. The zero-order chi connectivity index (χ0) is 13.6. The van der Waals surface area contributed by atoms with Crippen LogP contribution in [0.3, 0.4) is 0 Å². The maximum atomic E-state index is 12.3. The molecule has 0 atom stereocenters. The van der Waals surface area contributed by atoms with Crippen LogP contribution in [0.25, 0.3) is 15.9 Å². The van der Waals surface area contributed by atoms with E-state index in [0.29, 0.717) is 9.34 Å². The van der Waals surface area contributed by atoms with E-state index in [9.17, 15) is 14.7 Å². The second-order valence-corrected chi connectivity index (χ2v) is 5.54. The van der Waals surface area contributed by atoms with E-state index in [2.05, 4.69) is 4.98 Å². The molecular formula is C12H7ClN2O3S. The van der Waals surface area contributed by atoms with Crippen LogP contribution in [0.1, 0.15) is 0 Å². The first kappa shape index (κ1) is 12.0. The predicted molar refractivity (Wildman–Crippen MR) is 74.7 cm³/mol. The largest absolute Gasteiger partial charge is 0.506 e. The molecule has 0 unspecified atom stereocenters. The lowest BCUT2D eigenvalue weighted by atomic mass is 10.2. The molecule has 0 fully saturated rings. The molecule has 2 heterocycles. The highest BCUT2D eigenvalue weighted by molar-refractivity contribution is 7.18. The van der Waals surface area contributed by atoms with Gasteiger partial charge < -0.3 is 10.1 Å². The molecule has 0 aliphatic rings. The summed E-state index contributed by atoms with van der Waals surface area (Å²) in [5, 5.41) is 10.3. The molecule has 0 bridgehead atoms. The van der Waals surface area contributed by atoms with Crippen LogP contribution in [0.4, 0.5) is 0 Å². The molecule has 0 saturated heterocycles. The lowest BCUT2D eigenvalue weighted by molar-refractivity contribution is 0.480. The van der Waals surface area contributed by atoms with E-state index in [1.165, 1.54) is 6.07 Å². The number of hydrogen-bond acceptors (Lipinski definition) is 4. The molecule has 3 aromatic rings. The summed E-state index contributed by atoms with van der Waals surface area (Å²) in [6, 6.07) is 7.70. The molecular weight excluding hydrogens is 288 g/mol. The quantitative estimate of drug-likeness (QED) is 0.722. The Balaban J connectivity index is 2.45. The molecule has 0 aliphatic carbocycles. The van der Waals surface area contributed by atoms with Crippen molar-refractivity contribution in [2.75, 3.05) is 0 Å². The normalized spacial score (nSPS) is 11.0. The van der Waals surface area contributed by atoms with Crippen LogP contribution in [-0.2, 0) is 0 Å². The standard InChI is InChI=1S/C12H7ClN2O3S/c13-8-4-5-9(19-8)15-11(17)6-2-1-3-7(16)10(6)14-12(15)18/h1-5,16H,(H,14,18). The highest BCUT2D eigenvalue weighted by atomic mass is 35.5. The SMILES string of the molecule is O=c1[nH]c2c(O)cccc2c(=O)n1-c1ccc(Cl)s1. The first-order valence-electron chi connectivity index (χ1n) is 5.30. The molecule has 2 aromatic heterocycles. The number of aromatic hydroxyl groups is 1. The monoisotopic (exact) mass is 294 g/mol. The minimum atomic E-state index is -0.613. The molecule has 3 rings (SSSR count). The van der Waals surface area contributed by atoms with Crippen LogP contribution in [0.5, 0.6) is 5.75 Å². The number of fused-ring (bicyclic) bond motifs is 1. The Morgan fingerprint density at radius 1 is 1.21 bits per heavy atom. The second kappa shape index (κ2) is 4.25. The average molecular weight is 295 g/mol. The summed E-state index contributed by atoms with van der Waals surface area (Å²) in [6.45, 7) is 0. The number of phenols is 1. The molecule has 19 heavy (non-hydrogen) atoms. The Bertz CT molecular complexity index is 894. The number of thiophene rings is 1. The third-order valence-electron chi connectivity index (χ3n) is 2.69. The van der Waals surface area contributed by atoms with Crippen LogP contribution in [-0.4, -0.2) is 14.7 Å². The predicted octanol–water partition coefficient (Wildman–Crippen LogP) is 2.10. The summed E-state index contributed by atoms with van der Waals surface area (Å²) >= 11 is 6.94. The summed E-state index contributed by atoms with van der Waals surface area (Å²) < 4.78 is 1.48. The number of phenolic OH excluding ortho intramolecular Hbond substituents is 1. The number of benzene rings is 1. The minimum absolute atomic E-state index is 0.136. The number of nitrogens with zero attached hydrogens (tertiary/aromatic N) is 1. The highest BCUT2D eigenvalue weighted by Gasteiger charge is 2.12. The van der Waals surface area contributed by atoms with E-state index in [4.69, 9.17) is 11.6 Å². The Labute approximate surface area is 115 Å². The van der Waals surface area contributed by atoms with E-state index >= 15 is 0 Å². The van der Waals surface area contributed by atoms with Gasteiger partial charge >= 0.3 is 5.69 Å². The van der Waals surface area contributed by atoms with Gasteiger partial charge in [0.25, 0.3) is 5.56 Å². The topological polar surface area (TPSA) is 75.1 Å². The van der Waals surface area contributed by atoms with Gasteiger partial charge in [-0.05, 0) is 24.3 Å². The van der Waals surface area contributed by atoms with Crippen molar-refractivity contribution >= 4 is 33.8 Å². The molecule has 0 spiro atoms. The van der Waals surface area contributed by atoms with Gasteiger partial charge in [-0.25, -0.2) is 9.36 Å². The van der Waals surface area contributed by atoms with Gasteiger partial charge in [0.15, 0.2) is 0 Å². The first-order chi connectivity index (χ1) is 9.08. The van der Waals surface area contributed by atoms with Crippen molar-refractivity contribution in [2.45, 2.75) is 0 Å². The van der Waals surface area contributed by atoms with Crippen molar-refractivity contribution in [2.24, 2.45) is 0 Å². The van der Waals surface area contributed by atoms with Gasteiger partial charge in [0.05, 0.1) is 15.2 Å². The van der Waals surface area contributed by atoms with E-state index in [0.717, 1.165) is 15.9 Å². The molecule has 0 aliphatic heterocycles. The van der Waals surface area contributed by atoms with Crippen molar-refractivity contribution in [3.63, 3.8) is 0 Å². The Hall–Kier alpha value is -2.05. The van der Waals surface area contributed by atoms with Crippen molar-refractivity contribution in [3.8, 4) is 10.8 Å². The Morgan fingerprint density at radius 3 is 2.68 bits per heavy atom. The van der Waals surface area contributed by atoms with Gasteiger partial charge in [0, 0.05) is 0 Å². The van der Waals surface area contributed by atoms with Gasteiger partial charge in [0.1, 0.15) is 10.8 Å². The third-order valence-corrected chi connectivity index (χ3v) is 3.91. The van der Waals surface area contributed by atoms with Crippen LogP contribution in [0.2, 0.25) is 4.34 Å². The van der Waals surface area contributed by atoms with E-state index in [1.54, 1.807) is 24.3 Å². The molecule has 0 amide bonds. The molecule has 0 radical (unpaired) electrons. The van der Waals surface area contributed by atoms with Crippen molar-refractivity contribution in [1.29, 1.82) is 0 Å². The van der Waals surface area contributed by atoms with Crippen molar-refractivity contribution in [1.82, 2.24) is 9.55 Å². The summed E-state index contributed by atoms with van der Waals surface area (Å²) in [5.41, 5.74) is -0.970. The van der Waals surface area contributed by atoms with Crippen LogP contribution in [0, 0.1) is 0 Å². The fourth-order valence-electron chi connectivity index (χ4n) is 1.85. The number of halogens is 1. The van der Waals surface area contributed by atoms with E-state index in [-0.39, 0.29) is 16.7 Å². The first-order valence-corrected chi connectivity index (χ1v) is 6.50. The maximum Gasteiger partial charge on any atom is 0.334 e. The summed E-state index contributed by atoms with van der Waals surface area (Å²) in [7, 11) is 0. The van der Waals surface area contributed by atoms with Gasteiger partial charge in [-0.2, -0.15) is 0 Å². The summed E-state index contributed by atoms with van der Waals surface area (Å²) in [6.07, 6.45) is 0. The Morgan fingerprint density at radius 2 is 2.00 bits per heavy atom. The number of para-hydroxylation sites is 1.